The smallest absolute Gasteiger partial charge is 0.231 e. The quantitative estimate of drug-likeness (QED) is 0.446. The number of rotatable bonds is 3. The maximum absolute atomic E-state index is 14.4. The number of aromatic amines is 1. The number of halogens is 2. The van der Waals surface area contributed by atoms with Crippen LogP contribution in [-0.2, 0) is 0 Å². The molecule has 152 valence electrons. The number of hydrogen-bond donors (Lipinski definition) is 1. The molecule has 1 aliphatic heterocycles. The van der Waals surface area contributed by atoms with Crippen LogP contribution >= 0.6 is 0 Å². The number of nitrogens with zero attached hydrogens (tertiary/aromatic N) is 3. The molecule has 5 aromatic rings. The second-order valence-corrected chi connectivity index (χ2v) is 7.11. The highest BCUT2D eigenvalue weighted by Crippen LogP contribution is 2.37. The van der Waals surface area contributed by atoms with Crippen LogP contribution in [0, 0.1) is 11.6 Å². The van der Waals surface area contributed by atoms with Crippen molar-refractivity contribution < 1.29 is 18.3 Å². The summed E-state index contributed by atoms with van der Waals surface area (Å²) in [7, 11) is 0. The van der Waals surface area contributed by atoms with Crippen LogP contribution in [0.5, 0.6) is 11.5 Å². The maximum atomic E-state index is 14.4. The molecule has 6 nitrogen and oxygen atoms in total. The van der Waals surface area contributed by atoms with E-state index in [0.29, 0.717) is 17.1 Å². The molecule has 0 spiro atoms. The number of benzene rings is 2. The number of hydrogen-bond acceptors (Lipinski definition) is 4. The van der Waals surface area contributed by atoms with Crippen LogP contribution in [0.3, 0.4) is 0 Å². The normalized spacial score (nSPS) is 12.6. The molecule has 0 saturated heterocycles. The summed E-state index contributed by atoms with van der Waals surface area (Å²) in [5, 5.41) is 6.76. The molecule has 1 aliphatic rings. The lowest BCUT2D eigenvalue weighted by molar-refractivity contribution is 0.174. The fourth-order valence-electron chi connectivity index (χ4n) is 3.84. The molecule has 6 rings (SSSR count). The lowest BCUT2D eigenvalue weighted by atomic mass is 10.0. The number of imidazole rings is 1. The standard InChI is InChI=1S/C23H14F2N4O2/c24-16-2-1-3-17(25)22(16)23-15(9-27-28-23)14-5-7-21-26-10-18(29(21)11-14)13-4-6-19-20(8-13)31-12-30-19/h1-11H,12H2,(H,27,28). The molecule has 4 heterocycles. The minimum Gasteiger partial charge on any atom is -0.454 e. The van der Waals surface area contributed by atoms with Crippen molar-refractivity contribution in [1.29, 1.82) is 0 Å². The van der Waals surface area contributed by atoms with Crippen molar-refractivity contribution in [3.8, 4) is 45.1 Å². The summed E-state index contributed by atoms with van der Waals surface area (Å²) in [6.07, 6.45) is 5.19. The number of H-pyrrole nitrogens is 1. The molecule has 0 bridgehead atoms. The fraction of sp³-hybridized carbons (Fsp3) is 0.0435. The van der Waals surface area contributed by atoms with Crippen LogP contribution in [0.2, 0.25) is 0 Å². The Balaban J connectivity index is 1.50. The van der Waals surface area contributed by atoms with E-state index in [4.69, 9.17) is 9.47 Å². The summed E-state index contributed by atoms with van der Waals surface area (Å²) >= 11 is 0. The molecule has 0 atom stereocenters. The Hall–Kier alpha value is -4.20. The van der Waals surface area contributed by atoms with Crippen LogP contribution in [0.1, 0.15) is 0 Å². The third-order valence-corrected chi connectivity index (χ3v) is 5.34. The van der Waals surface area contributed by atoms with Crippen molar-refractivity contribution >= 4 is 5.65 Å². The second-order valence-electron chi connectivity index (χ2n) is 7.11. The predicted molar refractivity (Wildman–Crippen MR) is 110 cm³/mol. The van der Waals surface area contributed by atoms with Crippen LogP contribution in [0.4, 0.5) is 8.78 Å². The Morgan fingerprint density at radius 3 is 2.58 bits per heavy atom. The molecule has 3 aromatic heterocycles. The first-order valence-corrected chi connectivity index (χ1v) is 9.54. The van der Waals surface area contributed by atoms with Gasteiger partial charge in [-0.2, -0.15) is 5.10 Å². The minimum atomic E-state index is -0.657. The van der Waals surface area contributed by atoms with Crippen molar-refractivity contribution in [2.45, 2.75) is 0 Å². The van der Waals surface area contributed by atoms with E-state index in [2.05, 4.69) is 15.2 Å². The molecule has 31 heavy (non-hydrogen) atoms. The molecular formula is C23H14F2N4O2. The molecule has 0 amide bonds. The SMILES string of the molecule is Fc1cccc(F)c1-c1[nH]ncc1-c1ccc2ncc(-c3ccc4c(c3)OCO4)n2c1. The van der Waals surface area contributed by atoms with Gasteiger partial charge in [0.05, 0.1) is 29.3 Å². The molecule has 8 heteroatoms. The van der Waals surface area contributed by atoms with E-state index in [1.165, 1.54) is 18.2 Å². The average molecular weight is 416 g/mol. The maximum Gasteiger partial charge on any atom is 0.231 e. The van der Waals surface area contributed by atoms with E-state index in [-0.39, 0.29) is 18.1 Å². The van der Waals surface area contributed by atoms with Crippen molar-refractivity contribution in [3.05, 3.63) is 78.8 Å². The first-order chi connectivity index (χ1) is 15.2. The van der Waals surface area contributed by atoms with Gasteiger partial charge in [0.1, 0.15) is 17.3 Å². The lowest BCUT2D eigenvalue weighted by Crippen LogP contribution is -1.94. The molecule has 0 saturated carbocycles. The van der Waals surface area contributed by atoms with Gasteiger partial charge in [-0.05, 0) is 42.5 Å². The van der Waals surface area contributed by atoms with E-state index in [1.54, 1.807) is 12.4 Å². The van der Waals surface area contributed by atoms with Gasteiger partial charge in [0.15, 0.2) is 11.5 Å². The third kappa shape index (κ3) is 2.76. The van der Waals surface area contributed by atoms with E-state index >= 15 is 0 Å². The Morgan fingerprint density at radius 1 is 0.903 bits per heavy atom. The van der Waals surface area contributed by atoms with Gasteiger partial charge in [0.2, 0.25) is 6.79 Å². The van der Waals surface area contributed by atoms with Gasteiger partial charge in [-0.3, -0.25) is 9.50 Å². The third-order valence-electron chi connectivity index (χ3n) is 5.34. The summed E-state index contributed by atoms with van der Waals surface area (Å²) in [4.78, 5) is 4.47. The molecule has 0 radical (unpaired) electrons. The highest BCUT2D eigenvalue weighted by Gasteiger charge is 2.19. The number of aromatic nitrogens is 4. The number of ether oxygens (including phenoxy) is 2. The van der Waals surface area contributed by atoms with E-state index in [9.17, 15) is 8.78 Å². The van der Waals surface area contributed by atoms with Crippen LogP contribution < -0.4 is 9.47 Å². The first-order valence-electron chi connectivity index (χ1n) is 9.54. The minimum absolute atomic E-state index is 0.142. The molecule has 1 N–H and O–H groups in total. The van der Waals surface area contributed by atoms with E-state index < -0.39 is 11.6 Å². The largest absolute Gasteiger partial charge is 0.454 e. The summed E-state index contributed by atoms with van der Waals surface area (Å²) in [6, 6.07) is 13.2. The predicted octanol–water partition coefficient (Wildman–Crippen LogP) is 5.07. The lowest BCUT2D eigenvalue weighted by Gasteiger charge is -2.08. The Bertz CT molecular complexity index is 1440. The molecule has 2 aromatic carbocycles. The van der Waals surface area contributed by atoms with E-state index in [0.717, 1.165) is 22.5 Å². The van der Waals surface area contributed by atoms with E-state index in [1.807, 2.05) is 40.9 Å². The molecule has 0 unspecified atom stereocenters. The van der Waals surface area contributed by atoms with Gasteiger partial charge < -0.3 is 9.47 Å². The fourth-order valence-corrected chi connectivity index (χ4v) is 3.84. The summed E-state index contributed by atoms with van der Waals surface area (Å²) in [6.45, 7) is 0.200. The second kappa shape index (κ2) is 6.66. The zero-order valence-corrected chi connectivity index (χ0v) is 16.0. The van der Waals surface area contributed by atoms with Gasteiger partial charge in [0.25, 0.3) is 0 Å². The highest BCUT2D eigenvalue weighted by atomic mass is 19.1. The number of fused-ring (bicyclic) bond motifs is 2. The average Bonchev–Trinajstić information content (AvgIpc) is 3.52. The first kappa shape index (κ1) is 17.6. The van der Waals surface area contributed by atoms with Crippen molar-refractivity contribution in [2.75, 3.05) is 6.79 Å². The van der Waals surface area contributed by atoms with Crippen LogP contribution in [0.15, 0.2) is 67.1 Å². The zero-order chi connectivity index (χ0) is 20.9. The van der Waals surface area contributed by atoms with Gasteiger partial charge >= 0.3 is 0 Å². The monoisotopic (exact) mass is 416 g/mol. The topological polar surface area (TPSA) is 64.4 Å². The Kier molecular flexibility index (Phi) is 3.79. The summed E-state index contributed by atoms with van der Waals surface area (Å²) in [5.74, 6) is 0.0643. The van der Waals surface area contributed by atoms with Gasteiger partial charge in [-0.1, -0.05) is 6.07 Å². The van der Waals surface area contributed by atoms with Crippen molar-refractivity contribution in [1.82, 2.24) is 19.6 Å². The number of nitrogens with one attached hydrogen (secondary N) is 1. The van der Waals surface area contributed by atoms with Gasteiger partial charge in [0, 0.05) is 22.9 Å². The molecular weight excluding hydrogens is 402 g/mol. The van der Waals surface area contributed by atoms with Gasteiger partial charge in [-0.15, -0.1) is 0 Å². The van der Waals surface area contributed by atoms with Crippen LogP contribution in [-0.4, -0.2) is 26.4 Å². The highest BCUT2D eigenvalue weighted by molar-refractivity contribution is 5.81. The van der Waals surface area contributed by atoms with Crippen molar-refractivity contribution in [2.24, 2.45) is 0 Å². The van der Waals surface area contributed by atoms with Crippen LogP contribution in [0.25, 0.3) is 39.3 Å². The Labute approximate surface area is 174 Å². The summed E-state index contributed by atoms with van der Waals surface area (Å²) < 4.78 is 41.6. The van der Waals surface area contributed by atoms with Crippen molar-refractivity contribution in [3.63, 3.8) is 0 Å². The Morgan fingerprint density at radius 2 is 1.71 bits per heavy atom. The van der Waals surface area contributed by atoms with Gasteiger partial charge in [-0.25, -0.2) is 13.8 Å². The summed E-state index contributed by atoms with van der Waals surface area (Å²) in [5.41, 5.74) is 3.93. The molecule has 0 aliphatic carbocycles. The number of pyridine rings is 1. The molecule has 0 fully saturated rings. The zero-order valence-electron chi connectivity index (χ0n) is 16.0.